The van der Waals surface area contributed by atoms with Crippen molar-refractivity contribution >= 4 is 23.1 Å². The second-order valence-corrected chi connectivity index (χ2v) is 8.38. The molecule has 0 aliphatic carbocycles. The molecule has 0 saturated carbocycles. The number of fused-ring (bicyclic) bond motifs is 1. The van der Waals surface area contributed by atoms with Gasteiger partial charge in [0.2, 0.25) is 0 Å². The van der Waals surface area contributed by atoms with E-state index in [0.717, 1.165) is 11.3 Å². The molecule has 2 heterocycles. The highest BCUT2D eigenvalue weighted by Crippen LogP contribution is 2.43. The van der Waals surface area contributed by atoms with Gasteiger partial charge >= 0.3 is 0 Å². The molecule has 0 radical (unpaired) electrons. The molecule has 1 N–H and O–H groups in total. The van der Waals surface area contributed by atoms with Crippen LogP contribution in [-0.2, 0) is 16.0 Å². The van der Waals surface area contributed by atoms with Crippen molar-refractivity contribution in [1.82, 2.24) is 0 Å². The highest BCUT2D eigenvalue weighted by molar-refractivity contribution is 6.51. The summed E-state index contributed by atoms with van der Waals surface area (Å²) in [4.78, 5) is 27.8. The molecule has 6 nitrogen and oxygen atoms in total. The summed E-state index contributed by atoms with van der Waals surface area (Å²) in [5, 5.41) is 11.3. The van der Waals surface area contributed by atoms with Crippen LogP contribution >= 0.6 is 0 Å². The van der Waals surface area contributed by atoms with Crippen molar-refractivity contribution in [3.05, 3.63) is 94.8 Å². The molecule has 3 aromatic rings. The molecule has 2 atom stereocenters. The van der Waals surface area contributed by atoms with Crippen LogP contribution in [0.5, 0.6) is 11.5 Å². The van der Waals surface area contributed by atoms with Crippen LogP contribution in [0.4, 0.5) is 10.1 Å². The fourth-order valence-electron chi connectivity index (χ4n) is 4.54. The Morgan fingerprint density at radius 2 is 1.85 bits per heavy atom. The van der Waals surface area contributed by atoms with Crippen LogP contribution in [0, 0.1) is 5.82 Å². The first-order valence-electron chi connectivity index (χ1n) is 10.9. The van der Waals surface area contributed by atoms with Crippen molar-refractivity contribution in [1.29, 1.82) is 0 Å². The summed E-state index contributed by atoms with van der Waals surface area (Å²) in [5.74, 6) is -1.11. The number of halogens is 1. The number of carbonyl (C=O) groups excluding carboxylic acids is 2. The lowest BCUT2D eigenvalue weighted by molar-refractivity contribution is -0.132. The van der Waals surface area contributed by atoms with Gasteiger partial charge in [0.15, 0.2) is 0 Å². The van der Waals surface area contributed by atoms with E-state index in [1.807, 2.05) is 6.92 Å². The number of aliphatic hydroxyl groups is 1. The largest absolute Gasteiger partial charge is 0.507 e. The first kappa shape index (κ1) is 21.7. The third kappa shape index (κ3) is 3.59. The maximum atomic E-state index is 13.7. The van der Waals surface area contributed by atoms with E-state index in [0.29, 0.717) is 29.0 Å². The molecule has 0 aromatic heterocycles. The molecule has 172 valence electrons. The van der Waals surface area contributed by atoms with Gasteiger partial charge in [-0.25, -0.2) is 4.39 Å². The molecule has 0 bridgehead atoms. The predicted octanol–water partition coefficient (Wildman–Crippen LogP) is 4.78. The molecule has 2 aliphatic heterocycles. The van der Waals surface area contributed by atoms with E-state index >= 15 is 0 Å². The van der Waals surface area contributed by atoms with E-state index < -0.39 is 23.5 Å². The maximum absolute atomic E-state index is 13.7. The normalized spacial score (nSPS) is 20.9. The molecule has 34 heavy (non-hydrogen) atoms. The molecule has 2 unspecified atom stereocenters. The number of amides is 1. The van der Waals surface area contributed by atoms with Gasteiger partial charge in [-0.3, -0.25) is 14.5 Å². The van der Waals surface area contributed by atoms with Gasteiger partial charge in [-0.1, -0.05) is 18.2 Å². The van der Waals surface area contributed by atoms with Gasteiger partial charge in [-0.05, 0) is 60.5 Å². The standard InChI is InChI=1S/C27H22FNO5/c1-15-12-18-13-17(8-11-22(18)34-15)25(30)23-24(16-6-9-19(28)10-7-16)29(27(32)26(23)31)20-4-3-5-21(14-20)33-2/h3-11,13-15,24,30H,12H2,1-2H3/b25-23-. The Morgan fingerprint density at radius 3 is 2.59 bits per heavy atom. The number of Topliss-reactive ketones (excluding diaryl/α,β-unsaturated/α-hetero) is 1. The van der Waals surface area contributed by atoms with Crippen LogP contribution < -0.4 is 14.4 Å². The number of hydrogen-bond acceptors (Lipinski definition) is 5. The van der Waals surface area contributed by atoms with E-state index in [9.17, 15) is 19.1 Å². The topological polar surface area (TPSA) is 76.1 Å². The van der Waals surface area contributed by atoms with Gasteiger partial charge in [-0.2, -0.15) is 0 Å². The van der Waals surface area contributed by atoms with Crippen LogP contribution in [0.3, 0.4) is 0 Å². The SMILES string of the molecule is COc1cccc(N2C(=O)C(=O)/C(=C(\O)c3ccc4c(c3)CC(C)O4)C2c2ccc(F)cc2)c1. The second-order valence-electron chi connectivity index (χ2n) is 8.38. The average Bonchev–Trinajstić information content (AvgIpc) is 3.34. The first-order chi connectivity index (χ1) is 16.4. The van der Waals surface area contributed by atoms with Gasteiger partial charge in [0, 0.05) is 23.7 Å². The molecule has 1 fully saturated rings. The summed E-state index contributed by atoms with van der Waals surface area (Å²) in [6, 6.07) is 16.5. The van der Waals surface area contributed by atoms with Gasteiger partial charge in [-0.15, -0.1) is 0 Å². The molecule has 1 amide bonds. The lowest BCUT2D eigenvalue weighted by Crippen LogP contribution is -2.29. The molecule has 2 aliphatic rings. The minimum atomic E-state index is -0.948. The average molecular weight is 459 g/mol. The van der Waals surface area contributed by atoms with E-state index in [4.69, 9.17) is 9.47 Å². The predicted molar refractivity (Wildman–Crippen MR) is 124 cm³/mol. The number of carbonyl (C=O) groups is 2. The monoisotopic (exact) mass is 459 g/mol. The summed E-state index contributed by atoms with van der Waals surface area (Å²) in [6.07, 6.45) is 0.695. The van der Waals surface area contributed by atoms with Crippen LogP contribution in [0.1, 0.15) is 29.7 Å². The number of aliphatic hydroxyl groups excluding tert-OH is 1. The summed E-state index contributed by atoms with van der Waals surface area (Å²) < 4.78 is 24.7. The zero-order valence-corrected chi connectivity index (χ0v) is 18.6. The zero-order chi connectivity index (χ0) is 24.0. The van der Waals surface area contributed by atoms with E-state index in [1.165, 1.54) is 36.3 Å². The van der Waals surface area contributed by atoms with Crippen molar-refractivity contribution in [3.63, 3.8) is 0 Å². The number of ether oxygens (including phenoxy) is 2. The summed E-state index contributed by atoms with van der Waals surface area (Å²) in [5.41, 5.74) is 2.17. The fraction of sp³-hybridized carbons (Fsp3) is 0.185. The zero-order valence-electron chi connectivity index (χ0n) is 18.6. The van der Waals surface area contributed by atoms with Crippen molar-refractivity contribution in [2.24, 2.45) is 0 Å². The van der Waals surface area contributed by atoms with Gasteiger partial charge in [0.1, 0.15) is 29.2 Å². The van der Waals surface area contributed by atoms with Crippen LogP contribution in [-0.4, -0.2) is 30.0 Å². The van der Waals surface area contributed by atoms with Crippen molar-refractivity contribution in [3.8, 4) is 11.5 Å². The molecule has 5 rings (SSSR count). The number of anilines is 1. The van der Waals surface area contributed by atoms with Crippen molar-refractivity contribution in [2.45, 2.75) is 25.5 Å². The highest BCUT2D eigenvalue weighted by atomic mass is 19.1. The Labute approximate surface area is 195 Å². The minimum Gasteiger partial charge on any atom is -0.507 e. The maximum Gasteiger partial charge on any atom is 0.300 e. The number of benzene rings is 3. The Balaban J connectivity index is 1.69. The number of rotatable bonds is 4. The molecule has 7 heteroatoms. The quantitative estimate of drug-likeness (QED) is 0.345. The second kappa shape index (κ2) is 8.33. The number of ketones is 1. The van der Waals surface area contributed by atoms with E-state index in [2.05, 4.69) is 0 Å². The summed E-state index contributed by atoms with van der Waals surface area (Å²) in [6.45, 7) is 1.95. The third-order valence-electron chi connectivity index (χ3n) is 6.13. The van der Waals surface area contributed by atoms with Gasteiger partial charge in [0.05, 0.1) is 18.7 Å². The van der Waals surface area contributed by atoms with Crippen LogP contribution in [0.15, 0.2) is 72.3 Å². The molecule has 3 aromatic carbocycles. The van der Waals surface area contributed by atoms with Crippen molar-refractivity contribution < 1.29 is 28.6 Å². The lowest BCUT2D eigenvalue weighted by Gasteiger charge is -2.25. The van der Waals surface area contributed by atoms with E-state index in [-0.39, 0.29) is 17.4 Å². The van der Waals surface area contributed by atoms with E-state index in [1.54, 1.807) is 42.5 Å². The third-order valence-corrected chi connectivity index (χ3v) is 6.13. The van der Waals surface area contributed by atoms with Crippen LogP contribution in [0.2, 0.25) is 0 Å². The Hall–Kier alpha value is -4.13. The Kier molecular flexibility index (Phi) is 5.32. The lowest BCUT2D eigenvalue weighted by atomic mass is 9.94. The highest BCUT2D eigenvalue weighted by Gasteiger charge is 2.47. The Bertz CT molecular complexity index is 1330. The summed E-state index contributed by atoms with van der Waals surface area (Å²) in [7, 11) is 1.50. The first-order valence-corrected chi connectivity index (χ1v) is 10.9. The fourth-order valence-corrected chi connectivity index (χ4v) is 4.54. The number of hydrogen-bond donors (Lipinski definition) is 1. The van der Waals surface area contributed by atoms with Gasteiger partial charge < -0.3 is 14.6 Å². The van der Waals surface area contributed by atoms with Crippen LogP contribution in [0.25, 0.3) is 5.76 Å². The molecular weight excluding hydrogens is 437 g/mol. The smallest absolute Gasteiger partial charge is 0.300 e. The van der Waals surface area contributed by atoms with Crippen molar-refractivity contribution in [2.75, 3.05) is 12.0 Å². The molecule has 0 spiro atoms. The minimum absolute atomic E-state index is 0.0188. The number of methoxy groups -OCH3 is 1. The Morgan fingerprint density at radius 1 is 1.09 bits per heavy atom. The summed E-state index contributed by atoms with van der Waals surface area (Å²) >= 11 is 0. The number of nitrogens with zero attached hydrogens (tertiary/aromatic N) is 1. The molecular formula is C27H22FNO5. The van der Waals surface area contributed by atoms with Gasteiger partial charge in [0.25, 0.3) is 11.7 Å². The molecule has 1 saturated heterocycles.